The summed E-state index contributed by atoms with van der Waals surface area (Å²) in [5, 5.41) is 0.383. The van der Waals surface area contributed by atoms with Crippen molar-refractivity contribution in [3.63, 3.8) is 0 Å². The van der Waals surface area contributed by atoms with Gasteiger partial charge in [-0.05, 0) is 35.9 Å². The second-order valence-corrected chi connectivity index (χ2v) is 9.06. The molecule has 0 aliphatic carbocycles. The first-order chi connectivity index (χ1) is 18.1. The highest BCUT2D eigenvalue weighted by Crippen LogP contribution is 2.42. The number of carbonyl (C=O) groups excluding carboxylic acids is 2. The highest BCUT2D eigenvalue weighted by molar-refractivity contribution is 6.48. The zero-order chi connectivity index (χ0) is 30.8. The Morgan fingerprint density at radius 3 is 1.98 bits per heavy atom. The molecule has 0 fully saturated rings. The standard InChI is InChI=1S/C22H14Cl3F10N3O2/c1-38(19(40)36-8-20(27,28)29)37-18(39)11-3-2-9(4-13(11)22(33,34)35)16(26)7-12(21(30,31)32)10-5-14(23)17(25)15(24)6-10/h2-7,12H,8H2,1H3,(H,36,40)(H,37,39). The fourth-order valence-electron chi connectivity index (χ4n) is 3.06. The van der Waals surface area contributed by atoms with E-state index in [1.54, 1.807) is 5.43 Å². The zero-order valence-electron chi connectivity index (χ0n) is 19.4. The monoisotopic (exact) mass is 647 g/mol. The first-order valence-corrected chi connectivity index (χ1v) is 11.4. The van der Waals surface area contributed by atoms with Crippen LogP contribution in [0.15, 0.2) is 36.4 Å². The molecule has 18 heteroatoms. The molecule has 3 amide bonds. The number of hydrogen-bond donors (Lipinski definition) is 2. The quantitative estimate of drug-likeness (QED) is 0.195. The number of alkyl halides is 9. The van der Waals surface area contributed by atoms with Crippen LogP contribution < -0.4 is 10.7 Å². The third-order valence-electron chi connectivity index (χ3n) is 4.89. The van der Waals surface area contributed by atoms with E-state index in [9.17, 15) is 53.5 Å². The molecule has 2 aromatic carbocycles. The Bertz CT molecular complexity index is 1290. The summed E-state index contributed by atoms with van der Waals surface area (Å²) in [7, 11) is 0.722. The summed E-state index contributed by atoms with van der Waals surface area (Å²) in [6, 6.07) is 0.946. The van der Waals surface area contributed by atoms with Gasteiger partial charge < -0.3 is 5.32 Å². The van der Waals surface area contributed by atoms with E-state index in [1.165, 1.54) is 5.32 Å². The third kappa shape index (κ3) is 8.80. The molecule has 1 unspecified atom stereocenters. The number of amides is 3. The predicted molar refractivity (Wildman–Crippen MR) is 125 cm³/mol. The van der Waals surface area contributed by atoms with Gasteiger partial charge in [0.2, 0.25) is 0 Å². The molecule has 0 aliphatic heterocycles. The molecule has 0 radical (unpaired) electrons. The number of halogens is 13. The molecule has 0 heterocycles. The molecule has 0 spiro atoms. The summed E-state index contributed by atoms with van der Waals surface area (Å²) < 4.78 is 134. The maximum atomic E-state index is 14.9. The first kappa shape index (κ1) is 33.3. The molecule has 0 saturated heterocycles. The first-order valence-electron chi connectivity index (χ1n) is 10.3. The van der Waals surface area contributed by atoms with Crippen LogP contribution in [0.25, 0.3) is 5.83 Å². The van der Waals surface area contributed by atoms with E-state index in [1.807, 2.05) is 0 Å². The van der Waals surface area contributed by atoms with E-state index in [0.29, 0.717) is 12.1 Å². The summed E-state index contributed by atoms with van der Waals surface area (Å²) in [6.45, 7) is -1.81. The molecule has 0 aliphatic rings. The van der Waals surface area contributed by atoms with Gasteiger partial charge in [-0.15, -0.1) is 0 Å². The molecule has 1 atom stereocenters. The van der Waals surface area contributed by atoms with Crippen molar-refractivity contribution in [1.82, 2.24) is 15.8 Å². The highest BCUT2D eigenvalue weighted by atomic mass is 35.5. The molecule has 40 heavy (non-hydrogen) atoms. The van der Waals surface area contributed by atoms with Crippen molar-refractivity contribution in [2.75, 3.05) is 13.6 Å². The van der Waals surface area contributed by atoms with Crippen molar-refractivity contribution >= 4 is 52.6 Å². The maximum absolute atomic E-state index is 14.9. The van der Waals surface area contributed by atoms with Crippen molar-refractivity contribution in [2.24, 2.45) is 0 Å². The van der Waals surface area contributed by atoms with E-state index in [-0.39, 0.29) is 22.2 Å². The lowest BCUT2D eigenvalue weighted by molar-refractivity contribution is -0.140. The minimum Gasteiger partial charge on any atom is -0.327 e. The Kier molecular flexibility index (Phi) is 10.2. The van der Waals surface area contributed by atoms with Crippen molar-refractivity contribution in [1.29, 1.82) is 0 Å². The van der Waals surface area contributed by atoms with Crippen molar-refractivity contribution in [2.45, 2.75) is 24.4 Å². The Morgan fingerprint density at radius 1 is 0.950 bits per heavy atom. The largest absolute Gasteiger partial charge is 0.417 e. The SMILES string of the molecule is CN(NC(=O)c1ccc(C(F)=CC(c2cc(Cl)c(Cl)c(Cl)c2)C(F)(F)F)cc1C(F)(F)F)C(=O)NCC(F)(F)F. The Hall–Kier alpha value is -2.91. The molecule has 2 rings (SSSR count). The maximum Gasteiger partial charge on any atom is 0.417 e. The highest BCUT2D eigenvalue weighted by Gasteiger charge is 2.41. The van der Waals surface area contributed by atoms with Crippen LogP contribution in [0.2, 0.25) is 15.1 Å². The summed E-state index contributed by atoms with van der Waals surface area (Å²) in [6.07, 6.45) is -15.4. The second kappa shape index (κ2) is 12.3. The number of urea groups is 1. The van der Waals surface area contributed by atoms with Crippen LogP contribution in [-0.4, -0.2) is 42.9 Å². The van der Waals surface area contributed by atoms with E-state index in [0.717, 1.165) is 19.2 Å². The predicted octanol–water partition coefficient (Wildman–Crippen LogP) is 8.17. The van der Waals surface area contributed by atoms with Crippen LogP contribution in [0.4, 0.5) is 48.7 Å². The van der Waals surface area contributed by atoms with Gasteiger partial charge in [0.05, 0.1) is 26.2 Å². The van der Waals surface area contributed by atoms with Gasteiger partial charge in [0.1, 0.15) is 18.3 Å². The Labute approximate surface area is 233 Å². The van der Waals surface area contributed by atoms with Crippen molar-refractivity contribution < 1.29 is 53.5 Å². The van der Waals surface area contributed by atoms with E-state index in [4.69, 9.17) is 34.8 Å². The van der Waals surface area contributed by atoms with Gasteiger partial charge in [-0.1, -0.05) is 40.9 Å². The van der Waals surface area contributed by atoms with Crippen molar-refractivity contribution in [3.8, 4) is 0 Å². The molecule has 0 aromatic heterocycles. The second-order valence-electron chi connectivity index (χ2n) is 7.86. The third-order valence-corrected chi connectivity index (χ3v) is 6.09. The van der Waals surface area contributed by atoms with Gasteiger partial charge in [0.15, 0.2) is 0 Å². The Morgan fingerprint density at radius 2 is 1.50 bits per heavy atom. The van der Waals surface area contributed by atoms with Gasteiger partial charge in [-0.2, -0.15) is 39.5 Å². The lowest BCUT2D eigenvalue weighted by Gasteiger charge is -2.21. The molecular formula is C22H14Cl3F10N3O2. The lowest BCUT2D eigenvalue weighted by atomic mass is 9.95. The lowest BCUT2D eigenvalue weighted by Crippen LogP contribution is -2.50. The van der Waals surface area contributed by atoms with Crippen LogP contribution >= 0.6 is 34.8 Å². The topological polar surface area (TPSA) is 61.4 Å². The Balaban J connectivity index is 2.45. The van der Waals surface area contributed by atoms with Crippen LogP contribution in [0.1, 0.15) is 33.0 Å². The van der Waals surface area contributed by atoms with Crippen LogP contribution in [0.3, 0.4) is 0 Å². The smallest absolute Gasteiger partial charge is 0.327 e. The number of benzene rings is 2. The van der Waals surface area contributed by atoms with Gasteiger partial charge in [0.25, 0.3) is 5.91 Å². The van der Waals surface area contributed by atoms with Gasteiger partial charge in [-0.25, -0.2) is 14.2 Å². The average molecular weight is 649 g/mol. The molecule has 2 N–H and O–H groups in total. The molecule has 220 valence electrons. The fourth-order valence-corrected chi connectivity index (χ4v) is 3.67. The van der Waals surface area contributed by atoms with Crippen LogP contribution in [0, 0.1) is 0 Å². The van der Waals surface area contributed by atoms with E-state index >= 15 is 0 Å². The number of nitrogens with one attached hydrogen (secondary N) is 2. The average Bonchev–Trinajstić information content (AvgIpc) is 2.81. The number of carbonyl (C=O) groups is 2. The minimum atomic E-state index is -5.36. The number of nitrogens with zero attached hydrogens (tertiary/aromatic N) is 1. The van der Waals surface area contributed by atoms with Gasteiger partial charge in [-0.3, -0.25) is 10.2 Å². The van der Waals surface area contributed by atoms with Crippen LogP contribution in [0.5, 0.6) is 0 Å². The van der Waals surface area contributed by atoms with Gasteiger partial charge >= 0.3 is 24.6 Å². The molecule has 0 bridgehead atoms. The van der Waals surface area contributed by atoms with Gasteiger partial charge in [0, 0.05) is 12.6 Å². The minimum absolute atomic E-state index is 0.0378. The van der Waals surface area contributed by atoms with E-state index in [2.05, 4.69) is 0 Å². The molecule has 0 saturated carbocycles. The summed E-state index contributed by atoms with van der Waals surface area (Å²) in [5.74, 6) is -6.15. The number of hydrogen-bond acceptors (Lipinski definition) is 2. The zero-order valence-corrected chi connectivity index (χ0v) is 21.7. The summed E-state index contributed by atoms with van der Waals surface area (Å²) >= 11 is 17.2. The molecular weight excluding hydrogens is 635 g/mol. The number of allylic oxidation sites excluding steroid dienone is 1. The summed E-state index contributed by atoms with van der Waals surface area (Å²) in [4.78, 5) is 24.0. The molecule has 2 aromatic rings. The number of rotatable bonds is 5. The fraction of sp³-hybridized carbons (Fsp3) is 0.273. The summed E-state index contributed by atoms with van der Waals surface area (Å²) in [5.41, 5.74) is -3.13. The van der Waals surface area contributed by atoms with E-state index < -0.39 is 81.1 Å². The van der Waals surface area contributed by atoms with Crippen LogP contribution in [-0.2, 0) is 6.18 Å². The molecule has 5 nitrogen and oxygen atoms in total. The van der Waals surface area contributed by atoms with Crippen molar-refractivity contribution in [3.05, 3.63) is 73.7 Å². The number of hydrazine groups is 1. The normalized spacial score (nSPS) is 13.6.